The van der Waals surface area contributed by atoms with Gasteiger partial charge in [0.25, 0.3) is 0 Å². The zero-order valence-corrected chi connectivity index (χ0v) is 11.6. The highest BCUT2D eigenvalue weighted by atomic mass is 16.4. The van der Waals surface area contributed by atoms with Crippen LogP contribution in [0.4, 0.5) is 0 Å². The Kier molecular flexibility index (Phi) is 4.97. The van der Waals surface area contributed by atoms with Crippen molar-refractivity contribution in [1.82, 2.24) is 4.90 Å². The minimum Gasteiger partial charge on any atom is -0.481 e. The Labute approximate surface area is 115 Å². The summed E-state index contributed by atoms with van der Waals surface area (Å²) in [5.74, 6) is -0.753. The molecule has 0 amide bonds. The average Bonchev–Trinajstić information content (AvgIpc) is 2.91. The summed E-state index contributed by atoms with van der Waals surface area (Å²) in [7, 11) is 0. The van der Waals surface area contributed by atoms with Gasteiger partial charge in [-0.3, -0.25) is 9.69 Å². The van der Waals surface area contributed by atoms with E-state index >= 15 is 0 Å². The Morgan fingerprint density at radius 3 is 2.47 bits per heavy atom. The van der Waals surface area contributed by atoms with Crippen molar-refractivity contribution in [2.24, 2.45) is 0 Å². The molecule has 3 nitrogen and oxygen atoms in total. The Morgan fingerprint density at radius 1 is 1.26 bits per heavy atom. The van der Waals surface area contributed by atoms with Crippen LogP contribution in [0.25, 0.3) is 0 Å². The minimum absolute atomic E-state index is 0.123. The minimum atomic E-state index is -0.753. The van der Waals surface area contributed by atoms with Crippen LogP contribution in [0.2, 0.25) is 0 Å². The molecule has 1 aromatic carbocycles. The van der Waals surface area contributed by atoms with Gasteiger partial charge >= 0.3 is 5.97 Å². The van der Waals surface area contributed by atoms with Crippen LogP contribution in [0.1, 0.15) is 43.7 Å². The number of nitrogens with zero attached hydrogens (tertiary/aromatic N) is 1. The second kappa shape index (κ2) is 6.71. The lowest BCUT2D eigenvalue weighted by Gasteiger charge is -2.28. The number of hydrogen-bond acceptors (Lipinski definition) is 2. The summed E-state index contributed by atoms with van der Waals surface area (Å²) >= 11 is 0. The Bertz CT molecular complexity index is 425. The van der Waals surface area contributed by atoms with Crippen LogP contribution in [0, 0.1) is 0 Å². The normalized spacial score (nSPS) is 16.1. The monoisotopic (exact) mass is 261 g/mol. The molecule has 104 valence electrons. The fraction of sp³-hybridized carbons (Fsp3) is 0.562. The zero-order chi connectivity index (χ0) is 13.7. The van der Waals surface area contributed by atoms with Crippen molar-refractivity contribution in [3.63, 3.8) is 0 Å². The Morgan fingerprint density at radius 2 is 1.89 bits per heavy atom. The van der Waals surface area contributed by atoms with E-state index in [0.717, 1.165) is 18.7 Å². The Hall–Kier alpha value is -1.35. The molecule has 0 saturated heterocycles. The predicted molar refractivity (Wildman–Crippen MR) is 76.1 cm³/mol. The topological polar surface area (TPSA) is 40.5 Å². The van der Waals surface area contributed by atoms with E-state index < -0.39 is 5.97 Å². The van der Waals surface area contributed by atoms with Crippen molar-refractivity contribution >= 4 is 5.97 Å². The van der Waals surface area contributed by atoms with Crippen molar-refractivity contribution in [3.8, 4) is 0 Å². The lowest BCUT2D eigenvalue weighted by atomic mass is 10.0. The van der Waals surface area contributed by atoms with Crippen molar-refractivity contribution < 1.29 is 9.90 Å². The van der Waals surface area contributed by atoms with Gasteiger partial charge in [0, 0.05) is 12.6 Å². The van der Waals surface area contributed by atoms with Gasteiger partial charge in [-0.15, -0.1) is 0 Å². The molecule has 0 radical (unpaired) electrons. The molecular formula is C16H23NO2. The lowest BCUT2D eigenvalue weighted by Crippen LogP contribution is -2.32. The first kappa shape index (κ1) is 14.1. The second-order valence-electron chi connectivity index (χ2n) is 5.34. The van der Waals surface area contributed by atoms with Gasteiger partial charge in [0.15, 0.2) is 0 Å². The van der Waals surface area contributed by atoms with Crippen LogP contribution in [0.3, 0.4) is 0 Å². The van der Waals surface area contributed by atoms with Gasteiger partial charge in [-0.25, -0.2) is 0 Å². The molecule has 0 aromatic heterocycles. The summed E-state index contributed by atoms with van der Waals surface area (Å²) in [6.07, 6.45) is 5.36. The van der Waals surface area contributed by atoms with Crippen molar-refractivity contribution in [3.05, 3.63) is 35.4 Å². The molecular weight excluding hydrogens is 238 g/mol. The molecule has 0 spiro atoms. The smallest absolute Gasteiger partial charge is 0.307 e. The first-order valence-electron chi connectivity index (χ1n) is 7.23. The maximum atomic E-state index is 10.9. The fourth-order valence-electron chi connectivity index (χ4n) is 3.03. The van der Waals surface area contributed by atoms with Gasteiger partial charge < -0.3 is 5.11 Å². The van der Waals surface area contributed by atoms with Crippen LogP contribution in [-0.4, -0.2) is 28.6 Å². The molecule has 0 heterocycles. The van der Waals surface area contributed by atoms with E-state index in [4.69, 9.17) is 5.11 Å². The van der Waals surface area contributed by atoms with Gasteiger partial charge in [0.2, 0.25) is 0 Å². The first-order valence-corrected chi connectivity index (χ1v) is 7.23. The molecule has 1 saturated carbocycles. The number of aliphatic carboxylic acids is 1. The van der Waals surface area contributed by atoms with Crippen LogP contribution in [0.5, 0.6) is 0 Å². The lowest BCUT2D eigenvalue weighted by molar-refractivity contribution is -0.136. The summed E-state index contributed by atoms with van der Waals surface area (Å²) in [4.78, 5) is 13.4. The van der Waals surface area contributed by atoms with E-state index in [1.807, 2.05) is 18.2 Å². The predicted octanol–water partition coefficient (Wildman–Crippen LogP) is 3.08. The largest absolute Gasteiger partial charge is 0.481 e. The van der Waals surface area contributed by atoms with Crippen LogP contribution in [0.15, 0.2) is 24.3 Å². The molecule has 1 aromatic rings. The summed E-state index contributed by atoms with van der Waals surface area (Å²) < 4.78 is 0. The Balaban J connectivity index is 2.09. The van der Waals surface area contributed by atoms with Crippen molar-refractivity contribution in [2.75, 3.05) is 6.54 Å². The van der Waals surface area contributed by atoms with Gasteiger partial charge in [-0.1, -0.05) is 44.0 Å². The van der Waals surface area contributed by atoms with E-state index in [2.05, 4.69) is 17.9 Å². The number of benzene rings is 1. The van der Waals surface area contributed by atoms with Crippen LogP contribution in [-0.2, 0) is 17.8 Å². The summed E-state index contributed by atoms with van der Waals surface area (Å²) in [6.45, 7) is 4.11. The highest BCUT2D eigenvalue weighted by Crippen LogP contribution is 2.25. The zero-order valence-electron chi connectivity index (χ0n) is 11.6. The molecule has 2 rings (SSSR count). The van der Waals surface area contributed by atoms with Crippen LogP contribution < -0.4 is 0 Å². The highest BCUT2D eigenvalue weighted by molar-refractivity contribution is 5.70. The molecule has 3 heteroatoms. The van der Waals surface area contributed by atoms with E-state index in [-0.39, 0.29) is 6.42 Å². The maximum absolute atomic E-state index is 10.9. The number of hydrogen-bond donors (Lipinski definition) is 1. The summed E-state index contributed by atoms with van der Waals surface area (Å²) in [5.41, 5.74) is 2.12. The third-order valence-electron chi connectivity index (χ3n) is 4.08. The van der Waals surface area contributed by atoms with E-state index in [0.29, 0.717) is 6.04 Å². The standard InChI is InChI=1S/C16H23NO2/c1-2-17(15-9-5-6-10-15)12-14-8-4-3-7-13(14)11-16(18)19/h3-4,7-8,15H,2,5-6,9-12H2,1H3,(H,18,19). The number of carboxylic acid groups (broad SMARTS) is 1. The molecule has 1 aliphatic rings. The van der Waals surface area contributed by atoms with Crippen LogP contribution >= 0.6 is 0 Å². The first-order chi connectivity index (χ1) is 9.20. The van der Waals surface area contributed by atoms with Gasteiger partial charge in [-0.2, -0.15) is 0 Å². The third-order valence-corrected chi connectivity index (χ3v) is 4.08. The molecule has 0 unspecified atom stereocenters. The van der Waals surface area contributed by atoms with E-state index in [9.17, 15) is 4.79 Å². The van der Waals surface area contributed by atoms with E-state index in [1.165, 1.54) is 31.2 Å². The van der Waals surface area contributed by atoms with Gasteiger partial charge in [0.1, 0.15) is 0 Å². The average molecular weight is 261 g/mol. The van der Waals surface area contributed by atoms with Crippen molar-refractivity contribution in [2.45, 2.75) is 51.6 Å². The second-order valence-corrected chi connectivity index (χ2v) is 5.34. The maximum Gasteiger partial charge on any atom is 0.307 e. The SMILES string of the molecule is CCN(Cc1ccccc1CC(=O)O)C1CCCC1. The molecule has 0 bridgehead atoms. The molecule has 1 aliphatic carbocycles. The molecule has 19 heavy (non-hydrogen) atoms. The van der Waals surface area contributed by atoms with E-state index in [1.54, 1.807) is 0 Å². The fourth-order valence-corrected chi connectivity index (χ4v) is 3.03. The number of carbonyl (C=O) groups is 1. The molecule has 1 N–H and O–H groups in total. The number of rotatable bonds is 6. The number of carboxylic acids is 1. The molecule has 1 fully saturated rings. The van der Waals surface area contributed by atoms with Gasteiger partial charge in [-0.05, 0) is 30.5 Å². The molecule has 0 aliphatic heterocycles. The highest BCUT2D eigenvalue weighted by Gasteiger charge is 2.22. The quantitative estimate of drug-likeness (QED) is 0.855. The summed E-state index contributed by atoms with van der Waals surface area (Å²) in [5, 5.41) is 8.98. The third kappa shape index (κ3) is 3.80. The summed E-state index contributed by atoms with van der Waals surface area (Å²) in [6, 6.07) is 8.61. The molecule has 0 atom stereocenters. The van der Waals surface area contributed by atoms with Gasteiger partial charge in [0.05, 0.1) is 6.42 Å². The van der Waals surface area contributed by atoms with Crippen molar-refractivity contribution in [1.29, 1.82) is 0 Å².